The topological polar surface area (TPSA) is 41.1 Å². The number of carbonyl (C=O) groups excluding carboxylic acids is 1. The van der Waals surface area contributed by atoms with E-state index in [0.717, 1.165) is 24.2 Å². The van der Waals surface area contributed by atoms with Gasteiger partial charge in [-0.25, -0.2) is 4.39 Å². The lowest BCUT2D eigenvalue weighted by molar-refractivity contribution is -0.116. The number of hydrogen-bond donors (Lipinski definition) is 2. The van der Waals surface area contributed by atoms with Crippen LogP contribution < -0.4 is 10.6 Å². The maximum Gasteiger partial charge on any atom is 0.224 e. The molecule has 2 aromatic rings. The minimum atomic E-state index is -0.213. The van der Waals surface area contributed by atoms with Gasteiger partial charge < -0.3 is 10.6 Å². The highest BCUT2D eigenvalue weighted by molar-refractivity contribution is 5.90. The van der Waals surface area contributed by atoms with Gasteiger partial charge >= 0.3 is 0 Å². The quantitative estimate of drug-likeness (QED) is 0.786. The van der Waals surface area contributed by atoms with Crippen molar-refractivity contribution in [3.8, 4) is 0 Å². The molecule has 2 aromatic carbocycles. The smallest absolute Gasteiger partial charge is 0.224 e. The molecule has 0 fully saturated rings. The van der Waals surface area contributed by atoms with Gasteiger partial charge in [0.25, 0.3) is 0 Å². The van der Waals surface area contributed by atoms with Crippen LogP contribution in [0, 0.1) is 5.82 Å². The zero-order chi connectivity index (χ0) is 15.8. The summed E-state index contributed by atoms with van der Waals surface area (Å²) < 4.78 is 13.5. The Labute approximate surface area is 130 Å². The predicted molar refractivity (Wildman–Crippen MR) is 88.3 cm³/mol. The van der Waals surface area contributed by atoms with Gasteiger partial charge in [-0.15, -0.1) is 0 Å². The van der Waals surface area contributed by atoms with E-state index >= 15 is 0 Å². The Bertz CT molecular complexity index is 611. The maximum absolute atomic E-state index is 13.5. The van der Waals surface area contributed by atoms with Gasteiger partial charge in [0.2, 0.25) is 5.91 Å². The molecule has 0 atom stereocenters. The van der Waals surface area contributed by atoms with Crippen LogP contribution in [0.4, 0.5) is 15.8 Å². The molecule has 0 aromatic heterocycles. The molecule has 0 bridgehead atoms. The molecule has 116 valence electrons. The second kappa shape index (κ2) is 8.17. The van der Waals surface area contributed by atoms with Crippen LogP contribution in [-0.4, -0.2) is 5.91 Å². The van der Waals surface area contributed by atoms with E-state index in [4.69, 9.17) is 0 Å². The van der Waals surface area contributed by atoms with Crippen LogP contribution in [0.25, 0.3) is 0 Å². The molecule has 2 N–H and O–H groups in total. The zero-order valence-corrected chi connectivity index (χ0v) is 12.7. The summed E-state index contributed by atoms with van der Waals surface area (Å²) in [6, 6.07) is 14.1. The first-order chi connectivity index (χ1) is 10.7. The maximum atomic E-state index is 13.5. The van der Waals surface area contributed by atoms with Gasteiger partial charge in [-0.1, -0.05) is 31.5 Å². The van der Waals surface area contributed by atoms with Crippen molar-refractivity contribution in [1.82, 2.24) is 0 Å². The number of rotatable bonds is 7. The standard InChI is InChI=1S/C18H21FN2O/c1-2-3-8-18(22)21-16-11-9-15(10-12-16)20-13-14-6-4-5-7-17(14)19/h4-7,9-12,20H,2-3,8,13H2,1H3,(H,21,22). The number of benzene rings is 2. The molecule has 2 rings (SSSR count). The summed E-state index contributed by atoms with van der Waals surface area (Å²) in [5.41, 5.74) is 2.28. The fourth-order valence-electron chi connectivity index (χ4n) is 2.07. The van der Waals surface area contributed by atoms with E-state index in [0.29, 0.717) is 18.5 Å². The molecule has 3 nitrogen and oxygen atoms in total. The largest absolute Gasteiger partial charge is 0.381 e. The molecule has 0 aliphatic heterocycles. The Balaban J connectivity index is 1.87. The Morgan fingerprint density at radius 1 is 1.05 bits per heavy atom. The third-order valence-electron chi connectivity index (χ3n) is 3.37. The average molecular weight is 300 g/mol. The third-order valence-corrected chi connectivity index (χ3v) is 3.37. The Hall–Kier alpha value is -2.36. The van der Waals surface area contributed by atoms with Crippen molar-refractivity contribution in [2.45, 2.75) is 32.7 Å². The van der Waals surface area contributed by atoms with Gasteiger partial charge in [0, 0.05) is 29.9 Å². The third kappa shape index (κ3) is 4.88. The molecule has 0 aliphatic carbocycles. The van der Waals surface area contributed by atoms with E-state index < -0.39 is 0 Å². The number of carbonyl (C=O) groups is 1. The molecular formula is C18H21FN2O. The summed E-state index contributed by atoms with van der Waals surface area (Å²) in [5.74, 6) is -0.177. The second-order valence-electron chi connectivity index (χ2n) is 5.17. The first kappa shape index (κ1) is 16.0. The van der Waals surface area contributed by atoms with E-state index in [1.807, 2.05) is 30.3 Å². The molecule has 22 heavy (non-hydrogen) atoms. The normalized spacial score (nSPS) is 10.3. The Kier molecular flexibility index (Phi) is 5.95. The van der Waals surface area contributed by atoms with E-state index in [1.54, 1.807) is 12.1 Å². The molecular weight excluding hydrogens is 279 g/mol. The van der Waals surface area contributed by atoms with Gasteiger partial charge in [-0.05, 0) is 36.8 Å². The van der Waals surface area contributed by atoms with Crippen LogP contribution in [0.5, 0.6) is 0 Å². The molecule has 0 spiro atoms. The highest BCUT2D eigenvalue weighted by Crippen LogP contribution is 2.16. The highest BCUT2D eigenvalue weighted by atomic mass is 19.1. The van der Waals surface area contributed by atoms with Gasteiger partial charge in [0.05, 0.1) is 0 Å². The summed E-state index contributed by atoms with van der Waals surface area (Å²) >= 11 is 0. The highest BCUT2D eigenvalue weighted by Gasteiger charge is 2.03. The van der Waals surface area contributed by atoms with Crippen molar-refractivity contribution in [3.05, 3.63) is 59.9 Å². The number of nitrogens with one attached hydrogen (secondary N) is 2. The lowest BCUT2D eigenvalue weighted by Gasteiger charge is -2.09. The summed E-state index contributed by atoms with van der Waals surface area (Å²) in [6.07, 6.45) is 2.45. The Morgan fingerprint density at radius 2 is 1.73 bits per heavy atom. The molecule has 4 heteroatoms. The number of unbranched alkanes of at least 4 members (excludes halogenated alkanes) is 1. The van der Waals surface area contributed by atoms with Gasteiger partial charge in [-0.2, -0.15) is 0 Å². The predicted octanol–water partition coefficient (Wildman–Crippen LogP) is 4.57. The first-order valence-corrected chi connectivity index (χ1v) is 7.56. The SMILES string of the molecule is CCCCC(=O)Nc1ccc(NCc2ccccc2F)cc1. The van der Waals surface area contributed by atoms with Crippen molar-refractivity contribution in [2.75, 3.05) is 10.6 Å². The fraction of sp³-hybridized carbons (Fsp3) is 0.278. The van der Waals surface area contributed by atoms with Crippen LogP contribution >= 0.6 is 0 Å². The second-order valence-corrected chi connectivity index (χ2v) is 5.17. The van der Waals surface area contributed by atoms with Crippen molar-refractivity contribution in [1.29, 1.82) is 0 Å². The molecule has 0 aliphatic rings. The summed E-state index contributed by atoms with van der Waals surface area (Å²) in [7, 11) is 0. The minimum Gasteiger partial charge on any atom is -0.381 e. The van der Waals surface area contributed by atoms with Gasteiger partial charge in [0.15, 0.2) is 0 Å². The summed E-state index contributed by atoms with van der Waals surface area (Å²) in [5, 5.41) is 6.02. The molecule has 0 saturated heterocycles. The van der Waals surface area contributed by atoms with Crippen molar-refractivity contribution >= 4 is 17.3 Å². The molecule has 0 saturated carbocycles. The van der Waals surface area contributed by atoms with Crippen molar-refractivity contribution < 1.29 is 9.18 Å². The lowest BCUT2D eigenvalue weighted by Crippen LogP contribution is -2.10. The van der Waals surface area contributed by atoms with E-state index in [1.165, 1.54) is 6.07 Å². The number of hydrogen-bond acceptors (Lipinski definition) is 2. The molecule has 1 amide bonds. The molecule has 0 radical (unpaired) electrons. The Morgan fingerprint density at radius 3 is 2.41 bits per heavy atom. The number of halogens is 1. The van der Waals surface area contributed by atoms with Crippen LogP contribution in [0.2, 0.25) is 0 Å². The van der Waals surface area contributed by atoms with Crippen molar-refractivity contribution in [3.63, 3.8) is 0 Å². The molecule has 0 heterocycles. The van der Waals surface area contributed by atoms with Crippen LogP contribution in [-0.2, 0) is 11.3 Å². The number of amides is 1. The summed E-state index contributed by atoms with van der Waals surface area (Å²) in [4.78, 5) is 11.6. The average Bonchev–Trinajstić information content (AvgIpc) is 2.53. The first-order valence-electron chi connectivity index (χ1n) is 7.56. The van der Waals surface area contributed by atoms with Crippen LogP contribution in [0.15, 0.2) is 48.5 Å². The van der Waals surface area contributed by atoms with Crippen molar-refractivity contribution in [2.24, 2.45) is 0 Å². The van der Waals surface area contributed by atoms with E-state index in [9.17, 15) is 9.18 Å². The summed E-state index contributed by atoms with van der Waals surface area (Å²) in [6.45, 7) is 2.48. The van der Waals surface area contributed by atoms with Gasteiger partial charge in [0.1, 0.15) is 5.82 Å². The van der Waals surface area contributed by atoms with Crippen LogP contribution in [0.1, 0.15) is 31.7 Å². The van der Waals surface area contributed by atoms with Crippen LogP contribution in [0.3, 0.4) is 0 Å². The lowest BCUT2D eigenvalue weighted by atomic mass is 10.2. The molecule has 0 unspecified atom stereocenters. The van der Waals surface area contributed by atoms with E-state index in [2.05, 4.69) is 17.6 Å². The van der Waals surface area contributed by atoms with E-state index in [-0.39, 0.29) is 11.7 Å². The number of anilines is 2. The minimum absolute atomic E-state index is 0.0360. The van der Waals surface area contributed by atoms with Gasteiger partial charge in [-0.3, -0.25) is 4.79 Å². The fourth-order valence-corrected chi connectivity index (χ4v) is 2.07. The monoisotopic (exact) mass is 300 g/mol. The zero-order valence-electron chi connectivity index (χ0n) is 12.7.